The van der Waals surface area contributed by atoms with Gasteiger partial charge in [0, 0.05) is 12.3 Å². The van der Waals surface area contributed by atoms with Crippen LogP contribution in [0.3, 0.4) is 0 Å². The van der Waals surface area contributed by atoms with Crippen LogP contribution in [0.2, 0.25) is 0 Å². The lowest BCUT2D eigenvalue weighted by atomic mass is 9.80. The van der Waals surface area contributed by atoms with Gasteiger partial charge in [0.05, 0.1) is 20.7 Å². The van der Waals surface area contributed by atoms with Crippen LogP contribution >= 0.6 is 0 Å². The predicted octanol–water partition coefficient (Wildman–Crippen LogP) is 2.00. The molecule has 0 aromatic heterocycles. The summed E-state index contributed by atoms with van der Waals surface area (Å²) in [7, 11) is 3.34. The first-order valence-corrected chi connectivity index (χ1v) is 9.77. The molecule has 6 heteroatoms. The van der Waals surface area contributed by atoms with Crippen molar-refractivity contribution in [3.05, 3.63) is 35.9 Å². The lowest BCUT2D eigenvalue weighted by molar-refractivity contribution is -0.891. The van der Waals surface area contributed by atoms with Crippen LogP contribution in [0.5, 0.6) is 0 Å². The number of carbonyl (C=O) groups excluding carboxylic acids is 2. The average molecular weight is 376 g/mol. The Hall–Kier alpha value is -1.92. The number of methoxy groups -OCH3 is 1. The molecule has 3 rings (SSSR count). The molecule has 1 aromatic carbocycles. The normalized spacial score (nSPS) is 27.9. The first-order valence-electron chi connectivity index (χ1n) is 9.77. The summed E-state index contributed by atoms with van der Waals surface area (Å²) in [6.45, 7) is 1.55. The van der Waals surface area contributed by atoms with Gasteiger partial charge >= 0.3 is 11.9 Å². The van der Waals surface area contributed by atoms with E-state index in [0.717, 1.165) is 32.2 Å². The molecule has 148 valence electrons. The second kappa shape index (κ2) is 7.98. The van der Waals surface area contributed by atoms with Crippen molar-refractivity contribution in [2.75, 3.05) is 33.8 Å². The van der Waals surface area contributed by atoms with Gasteiger partial charge in [0.25, 0.3) is 0 Å². The van der Waals surface area contributed by atoms with Gasteiger partial charge in [-0.25, -0.2) is 9.59 Å². The molecule has 1 aliphatic carbocycles. The summed E-state index contributed by atoms with van der Waals surface area (Å²) < 4.78 is 11.1. The van der Waals surface area contributed by atoms with Crippen molar-refractivity contribution in [1.82, 2.24) is 0 Å². The highest BCUT2D eigenvalue weighted by Gasteiger charge is 2.49. The van der Waals surface area contributed by atoms with Crippen LogP contribution in [0.4, 0.5) is 0 Å². The van der Waals surface area contributed by atoms with Gasteiger partial charge in [-0.15, -0.1) is 0 Å². The summed E-state index contributed by atoms with van der Waals surface area (Å²) in [6.07, 6.45) is 4.05. The molecule has 1 aromatic rings. The molecule has 0 spiro atoms. The number of aliphatic hydroxyl groups is 1. The minimum absolute atomic E-state index is 0.121. The standard InChI is InChI=1S/C21H30NO5/c1-22(15-19(23)26-2)13-12-18(14-22)27-20(24)21(25,17-10-6-7-11-17)16-8-4-3-5-9-16/h3-5,8-9,17-18,25H,6-7,10-15H2,1-2H3/q+1/t18-,21+,22?/m1/s1. The van der Waals surface area contributed by atoms with Crippen molar-refractivity contribution in [3.63, 3.8) is 0 Å². The number of esters is 2. The van der Waals surface area contributed by atoms with Crippen molar-refractivity contribution in [1.29, 1.82) is 0 Å². The monoisotopic (exact) mass is 376 g/mol. The van der Waals surface area contributed by atoms with E-state index in [-0.39, 0.29) is 24.5 Å². The number of carbonyl (C=O) groups is 2. The van der Waals surface area contributed by atoms with Gasteiger partial charge in [0.15, 0.2) is 18.2 Å². The third kappa shape index (κ3) is 4.17. The van der Waals surface area contributed by atoms with Crippen LogP contribution < -0.4 is 0 Å². The van der Waals surface area contributed by atoms with Crippen LogP contribution in [0.15, 0.2) is 30.3 Å². The molecule has 0 radical (unpaired) electrons. The van der Waals surface area contributed by atoms with E-state index in [0.29, 0.717) is 23.0 Å². The Morgan fingerprint density at radius 2 is 1.85 bits per heavy atom. The number of likely N-dealkylation sites (N-methyl/N-ethyl adjacent to an activating group) is 1. The smallest absolute Gasteiger partial charge is 0.361 e. The summed E-state index contributed by atoms with van der Waals surface area (Å²) in [5.41, 5.74) is -1.00. The Bertz CT molecular complexity index is 672. The fraction of sp³-hybridized carbons (Fsp3) is 0.619. The van der Waals surface area contributed by atoms with Crippen molar-refractivity contribution in [3.8, 4) is 0 Å². The van der Waals surface area contributed by atoms with Gasteiger partial charge in [0.2, 0.25) is 0 Å². The van der Waals surface area contributed by atoms with Crippen LogP contribution in [0.25, 0.3) is 0 Å². The molecule has 1 saturated heterocycles. The van der Waals surface area contributed by atoms with Crippen LogP contribution in [0, 0.1) is 5.92 Å². The minimum atomic E-state index is -1.61. The van der Waals surface area contributed by atoms with E-state index in [1.807, 2.05) is 25.2 Å². The zero-order valence-electron chi connectivity index (χ0n) is 16.2. The third-order valence-electron chi connectivity index (χ3n) is 6.12. The first-order chi connectivity index (χ1) is 12.9. The number of hydrogen-bond acceptors (Lipinski definition) is 5. The molecule has 1 heterocycles. The Morgan fingerprint density at radius 1 is 1.19 bits per heavy atom. The van der Waals surface area contributed by atoms with Crippen LogP contribution in [-0.2, 0) is 24.7 Å². The zero-order chi connectivity index (χ0) is 19.5. The molecular formula is C21H30NO5+. The van der Waals surface area contributed by atoms with Gasteiger partial charge in [-0.3, -0.25) is 0 Å². The van der Waals surface area contributed by atoms with Crippen LogP contribution in [0.1, 0.15) is 37.7 Å². The second-order valence-electron chi connectivity index (χ2n) is 8.19. The molecule has 0 amide bonds. The number of ether oxygens (including phenoxy) is 2. The van der Waals surface area contributed by atoms with Gasteiger partial charge in [0.1, 0.15) is 6.54 Å². The van der Waals surface area contributed by atoms with E-state index in [4.69, 9.17) is 9.47 Å². The number of likely N-dealkylation sites (tertiary alicyclic amines) is 1. The predicted molar refractivity (Wildman–Crippen MR) is 99.6 cm³/mol. The molecular weight excluding hydrogens is 346 g/mol. The summed E-state index contributed by atoms with van der Waals surface area (Å²) >= 11 is 0. The minimum Gasteiger partial charge on any atom is -0.465 e. The maximum absolute atomic E-state index is 13.1. The Labute approximate surface area is 160 Å². The molecule has 1 unspecified atom stereocenters. The summed E-state index contributed by atoms with van der Waals surface area (Å²) in [4.78, 5) is 24.8. The van der Waals surface area contributed by atoms with Crippen molar-refractivity contribution in [2.24, 2.45) is 5.92 Å². The number of hydrogen-bond donors (Lipinski definition) is 1. The lowest BCUT2D eigenvalue weighted by Gasteiger charge is -2.33. The first kappa shape index (κ1) is 19.8. The van der Waals surface area contributed by atoms with Gasteiger partial charge < -0.3 is 19.1 Å². The molecule has 3 atom stereocenters. The summed E-state index contributed by atoms with van der Waals surface area (Å²) in [5, 5.41) is 11.5. The number of benzene rings is 1. The van der Waals surface area contributed by atoms with E-state index in [1.54, 1.807) is 12.1 Å². The number of rotatable bonds is 6. The molecule has 1 N–H and O–H groups in total. The summed E-state index contributed by atoms with van der Waals surface area (Å²) in [6, 6.07) is 9.14. The van der Waals surface area contributed by atoms with E-state index >= 15 is 0 Å². The highest BCUT2D eigenvalue weighted by Crippen LogP contribution is 2.42. The Kier molecular flexibility index (Phi) is 5.86. The fourth-order valence-electron chi connectivity index (χ4n) is 4.54. The highest BCUT2D eigenvalue weighted by molar-refractivity contribution is 5.81. The second-order valence-corrected chi connectivity index (χ2v) is 8.19. The number of quaternary nitrogens is 1. The maximum atomic E-state index is 13.1. The lowest BCUT2D eigenvalue weighted by Crippen LogP contribution is -2.48. The van der Waals surface area contributed by atoms with Gasteiger partial charge in [-0.05, 0) is 18.4 Å². The molecule has 2 fully saturated rings. The molecule has 2 aliphatic rings. The van der Waals surface area contributed by atoms with Crippen molar-refractivity contribution >= 4 is 11.9 Å². The van der Waals surface area contributed by atoms with E-state index in [2.05, 4.69) is 0 Å². The topological polar surface area (TPSA) is 72.8 Å². The largest absolute Gasteiger partial charge is 0.465 e. The molecule has 0 bridgehead atoms. The van der Waals surface area contributed by atoms with Gasteiger partial charge in [-0.1, -0.05) is 43.2 Å². The molecule has 1 saturated carbocycles. The Balaban J connectivity index is 1.73. The van der Waals surface area contributed by atoms with Crippen molar-refractivity contribution < 1.29 is 28.7 Å². The van der Waals surface area contributed by atoms with E-state index < -0.39 is 11.6 Å². The number of nitrogens with zero attached hydrogens (tertiary/aromatic N) is 1. The average Bonchev–Trinajstić information content (AvgIpc) is 3.32. The zero-order valence-corrected chi connectivity index (χ0v) is 16.2. The van der Waals surface area contributed by atoms with Crippen molar-refractivity contribution in [2.45, 2.75) is 43.8 Å². The third-order valence-corrected chi connectivity index (χ3v) is 6.12. The SMILES string of the molecule is COC(=O)C[N+]1(C)CC[C@@H](OC(=O)[C@](O)(c2ccccc2)C2CCCC2)C1. The van der Waals surface area contributed by atoms with E-state index in [1.165, 1.54) is 7.11 Å². The highest BCUT2D eigenvalue weighted by atomic mass is 16.6. The molecule has 1 aliphatic heterocycles. The fourth-order valence-corrected chi connectivity index (χ4v) is 4.54. The summed E-state index contributed by atoms with van der Waals surface area (Å²) in [5.74, 6) is -0.946. The molecule has 27 heavy (non-hydrogen) atoms. The van der Waals surface area contributed by atoms with Gasteiger partial charge in [-0.2, -0.15) is 0 Å². The van der Waals surface area contributed by atoms with E-state index in [9.17, 15) is 14.7 Å². The molecule has 6 nitrogen and oxygen atoms in total. The maximum Gasteiger partial charge on any atom is 0.361 e. The Morgan fingerprint density at radius 3 is 2.48 bits per heavy atom. The quantitative estimate of drug-likeness (QED) is 0.607. The van der Waals surface area contributed by atoms with Crippen LogP contribution in [-0.4, -0.2) is 61.4 Å².